The van der Waals surface area contributed by atoms with E-state index in [1.165, 1.54) is 43.5 Å². The second-order valence-electron chi connectivity index (χ2n) is 5.83. The molecule has 1 fully saturated rings. The first kappa shape index (κ1) is 12.2. The van der Waals surface area contributed by atoms with Gasteiger partial charge in [0.25, 0.3) is 0 Å². The number of nitrogens with one attached hydrogen (secondary N) is 1. The first-order valence-electron chi connectivity index (χ1n) is 7.30. The largest absolute Gasteiger partial charge is 0.314 e. The van der Waals surface area contributed by atoms with Crippen LogP contribution in [0.3, 0.4) is 0 Å². The van der Waals surface area contributed by atoms with Gasteiger partial charge in [0, 0.05) is 32.2 Å². The third-order valence-corrected chi connectivity index (χ3v) is 4.63. The summed E-state index contributed by atoms with van der Waals surface area (Å²) in [6.45, 7) is 9.20. The van der Waals surface area contributed by atoms with E-state index in [0.717, 1.165) is 13.1 Å². The van der Waals surface area contributed by atoms with Gasteiger partial charge in [-0.3, -0.25) is 4.90 Å². The number of fused-ring (bicyclic) bond motifs is 1. The van der Waals surface area contributed by atoms with Crippen LogP contribution in [0.2, 0.25) is 0 Å². The Morgan fingerprint density at radius 2 is 1.83 bits per heavy atom. The van der Waals surface area contributed by atoms with Crippen LogP contribution in [0, 0.1) is 13.8 Å². The summed E-state index contributed by atoms with van der Waals surface area (Å²) < 4.78 is 0. The van der Waals surface area contributed by atoms with Crippen molar-refractivity contribution in [1.29, 1.82) is 0 Å². The molecule has 1 aromatic rings. The summed E-state index contributed by atoms with van der Waals surface area (Å²) in [5, 5.41) is 3.46. The lowest BCUT2D eigenvalue weighted by Crippen LogP contribution is -2.45. The molecule has 2 nitrogen and oxygen atoms in total. The predicted octanol–water partition coefficient (Wildman–Crippen LogP) is 2.59. The van der Waals surface area contributed by atoms with Gasteiger partial charge in [-0.1, -0.05) is 12.1 Å². The zero-order valence-electron chi connectivity index (χ0n) is 11.6. The maximum Gasteiger partial charge on any atom is 0.0352 e. The zero-order chi connectivity index (χ0) is 12.5. The van der Waals surface area contributed by atoms with Gasteiger partial charge in [0.15, 0.2) is 0 Å². The topological polar surface area (TPSA) is 15.3 Å². The zero-order valence-corrected chi connectivity index (χ0v) is 11.6. The monoisotopic (exact) mass is 244 g/mol. The number of aryl methyl sites for hydroxylation is 3. The van der Waals surface area contributed by atoms with E-state index in [4.69, 9.17) is 0 Å². The van der Waals surface area contributed by atoms with Gasteiger partial charge in [-0.25, -0.2) is 0 Å². The van der Waals surface area contributed by atoms with E-state index in [0.29, 0.717) is 6.04 Å². The lowest BCUT2D eigenvalue weighted by atomic mass is 9.84. The molecular weight excluding hydrogens is 220 g/mol. The summed E-state index contributed by atoms with van der Waals surface area (Å²) in [5.74, 6) is 0. The molecule has 0 spiro atoms. The van der Waals surface area contributed by atoms with Crippen LogP contribution in [0.4, 0.5) is 0 Å². The fourth-order valence-corrected chi connectivity index (χ4v) is 3.44. The lowest BCUT2D eigenvalue weighted by molar-refractivity contribution is 0.158. The van der Waals surface area contributed by atoms with Gasteiger partial charge in [0.1, 0.15) is 0 Å². The van der Waals surface area contributed by atoms with Crippen molar-refractivity contribution in [3.8, 4) is 0 Å². The van der Waals surface area contributed by atoms with Crippen LogP contribution in [0.1, 0.15) is 41.1 Å². The highest BCUT2D eigenvalue weighted by molar-refractivity contribution is 5.40. The minimum atomic E-state index is 0.676. The van der Waals surface area contributed by atoms with Gasteiger partial charge in [0.05, 0.1) is 0 Å². The Morgan fingerprint density at radius 3 is 2.61 bits per heavy atom. The van der Waals surface area contributed by atoms with Gasteiger partial charge in [-0.05, 0) is 55.4 Å². The maximum absolute atomic E-state index is 3.46. The molecule has 0 amide bonds. The molecule has 0 saturated carbocycles. The highest BCUT2D eigenvalue weighted by Gasteiger charge is 2.27. The Bertz CT molecular complexity index is 433. The molecule has 18 heavy (non-hydrogen) atoms. The van der Waals surface area contributed by atoms with E-state index < -0.39 is 0 Å². The highest BCUT2D eigenvalue weighted by atomic mass is 15.2. The number of hydrogen-bond donors (Lipinski definition) is 1. The first-order chi connectivity index (χ1) is 8.75. The molecule has 3 rings (SSSR count). The third kappa shape index (κ3) is 2.19. The molecule has 2 heteroatoms. The standard InChI is InChI=1S/C16H24N2/c1-12-10-14-4-3-5-16(15(14)11-13(12)2)18-8-6-17-7-9-18/h10-11,16-17H,3-9H2,1-2H3. The first-order valence-corrected chi connectivity index (χ1v) is 7.30. The average Bonchev–Trinajstić information content (AvgIpc) is 2.40. The van der Waals surface area contributed by atoms with Crippen LogP contribution >= 0.6 is 0 Å². The smallest absolute Gasteiger partial charge is 0.0352 e. The van der Waals surface area contributed by atoms with E-state index in [1.54, 1.807) is 11.1 Å². The molecule has 1 aliphatic carbocycles. The number of hydrogen-bond acceptors (Lipinski definition) is 2. The number of benzene rings is 1. The molecule has 0 bridgehead atoms. The van der Waals surface area contributed by atoms with Gasteiger partial charge < -0.3 is 5.32 Å². The fourth-order valence-electron chi connectivity index (χ4n) is 3.44. The van der Waals surface area contributed by atoms with Crippen LogP contribution in [-0.2, 0) is 6.42 Å². The molecule has 1 aromatic carbocycles. The normalized spacial score (nSPS) is 24.9. The Kier molecular flexibility index (Phi) is 3.40. The van der Waals surface area contributed by atoms with Crippen LogP contribution in [0.15, 0.2) is 12.1 Å². The predicted molar refractivity (Wildman–Crippen MR) is 76.0 cm³/mol. The summed E-state index contributed by atoms with van der Waals surface area (Å²) >= 11 is 0. The van der Waals surface area contributed by atoms with Crippen molar-refractivity contribution in [2.75, 3.05) is 26.2 Å². The molecule has 0 radical (unpaired) electrons. The van der Waals surface area contributed by atoms with Crippen LogP contribution < -0.4 is 5.32 Å². The van der Waals surface area contributed by atoms with E-state index in [2.05, 4.69) is 36.2 Å². The highest BCUT2D eigenvalue weighted by Crippen LogP contribution is 2.35. The van der Waals surface area contributed by atoms with Crippen LogP contribution in [0.25, 0.3) is 0 Å². The Morgan fingerprint density at radius 1 is 1.11 bits per heavy atom. The van der Waals surface area contributed by atoms with Crippen molar-refractivity contribution in [2.45, 2.75) is 39.2 Å². The van der Waals surface area contributed by atoms with Gasteiger partial charge in [0.2, 0.25) is 0 Å². The molecule has 1 aliphatic heterocycles. The van der Waals surface area contributed by atoms with Gasteiger partial charge in [-0.2, -0.15) is 0 Å². The summed E-state index contributed by atoms with van der Waals surface area (Å²) in [6.07, 6.45) is 3.97. The molecule has 2 aliphatic rings. The van der Waals surface area contributed by atoms with E-state index in [1.807, 2.05) is 0 Å². The number of nitrogens with zero attached hydrogens (tertiary/aromatic N) is 1. The lowest BCUT2D eigenvalue weighted by Gasteiger charge is -2.38. The second kappa shape index (κ2) is 5.02. The van der Waals surface area contributed by atoms with Crippen molar-refractivity contribution in [2.24, 2.45) is 0 Å². The summed E-state index contributed by atoms with van der Waals surface area (Å²) in [5.41, 5.74) is 6.13. The van der Waals surface area contributed by atoms with E-state index >= 15 is 0 Å². The van der Waals surface area contributed by atoms with Crippen molar-refractivity contribution in [3.63, 3.8) is 0 Å². The SMILES string of the molecule is Cc1cc2c(cc1C)C(N1CCNCC1)CCC2. The molecule has 1 heterocycles. The third-order valence-electron chi connectivity index (χ3n) is 4.63. The second-order valence-corrected chi connectivity index (χ2v) is 5.83. The fraction of sp³-hybridized carbons (Fsp3) is 0.625. The van der Waals surface area contributed by atoms with Crippen molar-refractivity contribution in [1.82, 2.24) is 10.2 Å². The maximum atomic E-state index is 3.46. The quantitative estimate of drug-likeness (QED) is 0.817. The molecule has 98 valence electrons. The molecule has 1 atom stereocenters. The average molecular weight is 244 g/mol. The Hall–Kier alpha value is -0.860. The number of piperazine rings is 1. The van der Waals surface area contributed by atoms with E-state index in [9.17, 15) is 0 Å². The number of rotatable bonds is 1. The van der Waals surface area contributed by atoms with Gasteiger partial charge >= 0.3 is 0 Å². The molecule has 1 unspecified atom stereocenters. The van der Waals surface area contributed by atoms with Crippen molar-refractivity contribution >= 4 is 0 Å². The molecule has 1 saturated heterocycles. The van der Waals surface area contributed by atoms with Crippen molar-refractivity contribution < 1.29 is 0 Å². The minimum Gasteiger partial charge on any atom is -0.314 e. The van der Waals surface area contributed by atoms with Gasteiger partial charge in [-0.15, -0.1) is 0 Å². The summed E-state index contributed by atoms with van der Waals surface area (Å²) in [7, 11) is 0. The Balaban J connectivity index is 1.92. The summed E-state index contributed by atoms with van der Waals surface area (Å²) in [6, 6.07) is 5.56. The summed E-state index contributed by atoms with van der Waals surface area (Å²) in [4.78, 5) is 2.68. The molecular formula is C16H24N2. The Labute approximate surface area is 110 Å². The molecule has 0 aromatic heterocycles. The minimum absolute atomic E-state index is 0.676. The van der Waals surface area contributed by atoms with Crippen molar-refractivity contribution in [3.05, 3.63) is 34.4 Å². The van der Waals surface area contributed by atoms with Crippen LogP contribution in [0.5, 0.6) is 0 Å². The van der Waals surface area contributed by atoms with E-state index in [-0.39, 0.29) is 0 Å². The van der Waals surface area contributed by atoms with Crippen LogP contribution in [-0.4, -0.2) is 31.1 Å². The molecule has 1 N–H and O–H groups in total.